The largest absolute Gasteiger partial charge is 0.349 e. The molecule has 2 rings (SSSR count). The molecular formula is C13H15BrClNOS. The molecule has 98 valence electrons. The van der Waals surface area contributed by atoms with Gasteiger partial charge in [-0.1, -0.05) is 17.7 Å². The first-order chi connectivity index (χ1) is 8.61. The summed E-state index contributed by atoms with van der Waals surface area (Å²) in [5.41, 5.74) is 0.540. The van der Waals surface area contributed by atoms with E-state index in [1.54, 1.807) is 6.07 Å². The molecule has 1 amide bonds. The van der Waals surface area contributed by atoms with Crippen molar-refractivity contribution in [3.63, 3.8) is 0 Å². The Hall–Kier alpha value is -0.190. The second-order valence-electron chi connectivity index (χ2n) is 4.44. The zero-order valence-electron chi connectivity index (χ0n) is 10.1. The predicted octanol–water partition coefficient (Wildman–Crippen LogP) is 4.12. The number of carbonyl (C=O) groups excluding carboxylic acids is 1. The van der Waals surface area contributed by atoms with Gasteiger partial charge in [0.05, 0.1) is 10.6 Å². The van der Waals surface area contributed by atoms with Crippen molar-refractivity contribution in [2.75, 3.05) is 6.26 Å². The summed E-state index contributed by atoms with van der Waals surface area (Å²) in [5.74, 6) is -0.0759. The molecule has 0 saturated heterocycles. The summed E-state index contributed by atoms with van der Waals surface area (Å²) in [6.45, 7) is 0. The van der Waals surface area contributed by atoms with Crippen LogP contribution in [0.25, 0.3) is 0 Å². The molecule has 18 heavy (non-hydrogen) atoms. The van der Waals surface area contributed by atoms with Gasteiger partial charge in [0.1, 0.15) is 0 Å². The van der Waals surface area contributed by atoms with Crippen LogP contribution in [0.1, 0.15) is 29.6 Å². The lowest BCUT2D eigenvalue weighted by molar-refractivity contribution is 0.0938. The van der Waals surface area contributed by atoms with E-state index in [-0.39, 0.29) is 11.9 Å². The van der Waals surface area contributed by atoms with Gasteiger partial charge in [0, 0.05) is 15.8 Å². The predicted molar refractivity (Wildman–Crippen MR) is 81.6 cm³/mol. The van der Waals surface area contributed by atoms with Crippen LogP contribution in [-0.4, -0.2) is 23.5 Å². The van der Waals surface area contributed by atoms with E-state index in [9.17, 15) is 4.79 Å². The Morgan fingerprint density at radius 3 is 2.94 bits per heavy atom. The fraction of sp³-hybridized carbons (Fsp3) is 0.462. The highest BCUT2D eigenvalue weighted by Gasteiger charge is 2.26. The van der Waals surface area contributed by atoms with Crippen molar-refractivity contribution >= 4 is 45.2 Å². The SMILES string of the molecule is CSC1CCC(NC(=O)c2cccc(Br)c2Cl)C1. The third-order valence-electron chi connectivity index (χ3n) is 3.25. The van der Waals surface area contributed by atoms with E-state index >= 15 is 0 Å². The van der Waals surface area contributed by atoms with Crippen molar-refractivity contribution < 1.29 is 4.79 Å². The second-order valence-corrected chi connectivity index (χ2v) is 6.81. The Balaban J connectivity index is 2.02. The summed E-state index contributed by atoms with van der Waals surface area (Å²) < 4.78 is 0.755. The van der Waals surface area contributed by atoms with Crippen molar-refractivity contribution in [1.29, 1.82) is 0 Å². The highest BCUT2D eigenvalue weighted by molar-refractivity contribution is 9.10. The molecule has 1 aliphatic carbocycles. The molecule has 2 unspecified atom stereocenters. The Morgan fingerprint density at radius 1 is 1.50 bits per heavy atom. The Morgan fingerprint density at radius 2 is 2.28 bits per heavy atom. The summed E-state index contributed by atoms with van der Waals surface area (Å²) in [5, 5.41) is 4.23. The molecule has 5 heteroatoms. The number of benzene rings is 1. The molecule has 1 aromatic carbocycles. The maximum atomic E-state index is 12.1. The average Bonchev–Trinajstić information content (AvgIpc) is 2.80. The van der Waals surface area contributed by atoms with Crippen LogP contribution in [0.15, 0.2) is 22.7 Å². The summed E-state index contributed by atoms with van der Waals surface area (Å²) in [6.07, 6.45) is 5.42. The molecule has 2 atom stereocenters. The van der Waals surface area contributed by atoms with Gasteiger partial charge in [0.25, 0.3) is 5.91 Å². The number of hydrogen-bond donors (Lipinski definition) is 1. The Kier molecular flexibility index (Phi) is 4.98. The van der Waals surface area contributed by atoms with Crippen molar-refractivity contribution in [1.82, 2.24) is 5.32 Å². The molecule has 0 aliphatic heterocycles. The lowest BCUT2D eigenvalue weighted by Gasteiger charge is -2.13. The van der Waals surface area contributed by atoms with Crippen molar-refractivity contribution in [3.8, 4) is 0 Å². The van der Waals surface area contributed by atoms with Gasteiger partial charge in [-0.15, -0.1) is 0 Å². The number of rotatable bonds is 3. The first kappa shape index (κ1) is 14.2. The third-order valence-corrected chi connectivity index (χ3v) is 5.64. The summed E-state index contributed by atoms with van der Waals surface area (Å²) in [6, 6.07) is 5.69. The van der Waals surface area contributed by atoms with Crippen molar-refractivity contribution in [2.24, 2.45) is 0 Å². The number of carbonyl (C=O) groups is 1. The van der Waals surface area contributed by atoms with E-state index < -0.39 is 0 Å². The summed E-state index contributed by atoms with van der Waals surface area (Å²) in [4.78, 5) is 12.1. The molecule has 0 bridgehead atoms. The Labute approximate surface area is 125 Å². The van der Waals surface area contributed by atoms with Gasteiger partial charge < -0.3 is 5.32 Å². The number of halogens is 2. The fourth-order valence-corrected chi connectivity index (χ4v) is 3.60. The van der Waals surface area contributed by atoms with Crippen LogP contribution < -0.4 is 5.32 Å². The first-order valence-corrected chi connectivity index (χ1v) is 8.35. The van der Waals surface area contributed by atoms with Crippen molar-refractivity contribution in [3.05, 3.63) is 33.3 Å². The molecule has 0 spiro atoms. The number of amides is 1. The van der Waals surface area contributed by atoms with Gasteiger partial charge in [0.15, 0.2) is 0 Å². The van der Waals surface area contributed by atoms with Crippen LogP contribution in [0.4, 0.5) is 0 Å². The summed E-state index contributed by atoms with van der Waals surface area (Å²) in [7, 11) is 0. The van der Waals surface area contributed by atoms with E-state index in [0.29, 0.717) is 15.8 Å². The van der Waals surface area contributed by atoms with Crippen LogP contribution in [0.5, 0.6) is 0 Å². The molecule has 2 nitrogen and oxygen atoms in total. The van der Waals surface area contributed by atoms with E-state index in [2.05, 4.69) is 27.5 Å². The number of thioether (sulfide) groups is 1. The van der Waals surface area contributed by atoms with E-state index in [1.807, 2.05) is 23.9 Å². The zero-order valence-corrected chi connectivity index (χ0v) is 13.2. The van der Waals surface area contributed by atoms with E-state index in [0.717, 1.165) is 17.3 Å². The minimum atomic E-state index is -0.0759. The minimum Gasteiger partial charge on any atom is -0.349 e. The summed E-state index contributed by atoms with van der Waals surface area (Å²) >= 11 is 11.3. The topological polar surface area (TPSA) is 29.1 Å². The highest BCUT2D eigenvalue weighted by atomic mass is 79.9. The fourth-order valence-electron chi connectivity index (χ4n) is 2.23. The number of hydrogen-bond acceptors (Lipinski definition) is 2. The molecule has 1 aromatic rings. The van der Waals surface area contributed by atoms with Gasteiger partial charge >= 0.3 is 0 Å². The lowest BCUT2D eigenvalue weighted by Crippen LogP contribution is -2.33. The third kappa shape index (κ3) is 3.22. The zero-order chi connectivity index (χ0) is 13.1. The lowest BCUT2D eigenvalue weighted by atomic mass is 10.2. The maximum Gasteiger partial charge on any atom is 0.253 e. The molecule has 1 aliphatic rings. The van der Waals surface area contributed by atoms with Crippen LogP contribution >= 0.6 is 39.3 Å². The van der Waals surface area contributed by atoms with Crippen LogP contribution in [0.3, 0.4) is 0 Å². The van der Waals surface area contributed by atoms with E-state index in [4.69, 9.17) is 11.6 Å². The van der Waals surface area contributed by atoms with E-state index in [1.165, 1.54) is 6.42 Å². The van der Waals surface area contributed by atoms with Gasteiger partial charge in [-0.2, -0.15) is 11.8 Å². The molecule has 0 radical (unpaired) electrons. The van der Waals surface area contributed by atoms with Gasteiger partial charge in [0.2, 0.25) is 0 Å². The second kappa shape index (κ2) is 6.31. The van der Waals surface area contributed by atoms with Crippen molar-refractivity contribution in [2.45, 2.75) is 30.6 Å². The molecular weight excluding hydrogens is 334 g/mol. The quantitative estimate of drug-likeness (QED) is 0.890. The average molecular weight is 349 g/mol. The Bertz CT molecular complexity index is 455. The standard InChI is InChI=1S/C13H15BrClNOS/c1-18-9-6-5-8(7-9)16-13(17)10-3-2-4-11(14)12(10)15/h2-4,8-9H,5-7H2,1H3,(H,16,17). The van der Waals surface area contributed by atoms with Gasteiger partial charge in [-0.05, 0) is 53.6 Å². The first-order valence-electron chi connectivity index (χ1n) is 5.89. The monoisotopic (exact) mass is 347 g/mol. The maximum absolute atomic E-state index is 12.1. The molecule has 1 saturated carbocycles. The molecule has 0 aromatic heterocycles. The van der Waals surface area contributed by atoms with Crippen LogP contribution in [0, 0.1) is 0 Å². The normalized spacial score (nSPS) is 23.1. The number of nitrogens with one attached hydrogen (secondary N) is 1. The molecule has 0 heterocycles. The van der Waals surface area contributed by atoms with Gasteiger partial charge in [-0.25, -0.2) is 0 Å². The van der Waals surface area contributed by atoms with Crippen LogP contribution in [0.2, 0.25) is 5.02 Å². The van der Waals surface area contributed by atoms with Gasteiger partial charge in [-0.3, -0.25) is 4.79 Å². The molecule has 1 N–H and O–H groups in total. The molecule has 1 fully saturated rings. The minimum absolute atomic E-state index is 0.0759. The smallest absolute Gasteiger partial charge is 0.253 e. The highest BCUT2D eigenvalue weighted by Crippen LogP contribution is 2.29. The van der Waals surface area contributed by atoms with Crippen LogP contribution in [-0.2, 0) is 0 Å².